The van der Waals surface area contributed by atoms with Crippen molar-refractivity contribution < 1.29 is 18.0 Å². The molecule has 0 fully saturated rings. The highest BCUT2D eigenvalue weighted by Crippen LogP contribution is 2.31. The van der Waals surface area contributed by atoms with Crippen molar-refractivity contribution >= 4 is 0 Å². The van der Waals surface area contributed by atoms with Crippen molar-refractivity contribution in [3.8, 4) is 0 Å². The zero-order valence-electron chi connectivity index (χ0n) is 8.27. The maximum absolute atomic E-state index is 12.5. The zero-order valence-corrected chi connectivity index (χ0v) is 8.27. The Morgan fingerprint density at radius 1 is 1.27 bits per heavy atom. The van der Waals surface area contributed by atoms with E-state index >= 15 is 0 Å². The molecule has 0 heterocycles. The molecule has 84 valence electrons. The third-order valence-electron chi connectivity index (χ3n) is 1.94. The Hall–Kier alpha value is -1.07. The molecule has 15 heavy (non-hydrogen) atoms. The van der Waals surface area contributed by atoms with Crippen LogP contribution in [-0.4, -0.2) is 13.7 Å². The maximum Gasteiger partial charge on any atom is 0.416 e. The topological polar surface area (TPSA) is 21.3 Å². The van der Waals surface area contributed by atoms with Crippen LogP contribution in [0.3, 0.4) is 0 Å². The van der Waals surface area contributed by atoms with Crippen LogP contribution < -0.4 is 5.48 Å². The second-order valence-electron chi connectivity index (χ2n) is 2.96. The molecule has 0 radical (unpaired) electrons. The van der Waals surface area contributed by atoms with E-state index < -0.39 is 11.7 Å². The van der Waals surface area contributed by atoms with Gasteiger partial charge in [-0.3, -0.25) is 0 Å². The summed E-state index contributed by atoms with van der Waals surface area (Å²) in [4.78, 5) is 4.79. The lowest BCUT2D eigenvalue weighted by Crippen LogP contribution is -2.13. The van der Waals surface area contributed by atoms with Gasteiger partial charge in [-0.05, 0) is 18.1 Å². The van der Waals surface area contributed by atoms with Gasteiger partial charge in [-0.2, -0.15) is 13.2 Å². The summed E-state index contributed by atoms with van der Waals surface area (Å²) in [6.07, 6.45) is -4.06. The molecular formula is C10H12F3NO. The number of nitrogens with one attached hydrogen (secondary N) is 1. The number of halogens is 3. The fourth-order valence-corrected chi connectivity index (χ4v) is 1.28. The Balaban J connectivity index is 2.78. The molecule has 1 aromatic carbocycles. The van der Waals surface area contributed by atoms with Crippen LogP contribution in [0, 0.1) is 0 Å². The Morgan fingerprint density at radius 2 is 1.93 bits per heavy atom. The predicted molar refractivity (Wildman–Crippen MR) is 50.2 cm³/mol. The van der Waals surface area contributed by atoms with Gasteiger partial charge in [0, 0.05) is 7.05 Å². The van der Waals surface area contributed by atoms with Gasteiger partial charge in [0.05, 0.1) is 12.2 Å². The summed E-state index contributed by atoms with van der Waals surface area (Å²) in [6.45, 7) is 0.212. The van der Waals surface area contributed by atoms with Gasteiger partial charge >= 0.3 is 6.18 Å². The van der Waals surface area contributed by atoms with Crippen molar-refractivity contribution in [2.24, 2.45) is 0 Å². The number of benzene rings is 1. The van der Waals surface area contributed by atoms with Gasteiger partial charge in [0.2, 0.25) is 0 Å². The van der Waals surface area contributed by atoms with Crippen LogP contribution >= 0.6 is 0 Å². The molecule has 1 rings (SSSR count). The fourth-order valence-electron chi connectivity index (χ4n) is 1.28. The second kappa shape index (κ2) is 5.14. The normalized spacial score (nSPS) is 11.7. The lowest BCUT2D eigenvalue weighted by atomic mass is 10.0. The minimum atomic E-state index is -4.30. The van der Waals surface area contributed by atoms with Gasteiger partial charge < -0.3 is 4.84 Å². The Kier molecular flexibility index (Phi) is 4.11. The highest BCUT2D eigenvalue weighted by atomic mass is 19.4. The van der Waals surface area contributed by atoms with Gasteiger partial charge in [0.1, 0.15) is 0 Å². The first-order valence-electron chi connectivity index (χ1n) is 4.49. The highest BCUT2D eigenvalue weighted by Gasteiger charge is 2.32. The lowest BCUT2D eigenvalue weighted by molar-refractivity contribution is -0.138. The minimum absolute atomic E-state index is 0.212. The van der Waals surface area contributed by atoms with E-state index in [4.69, 9.17) is 4.84 Å². The molecule has 0 saturated carbocycles. The first-order chi connectivity index (χ1) is 7.05. The molecule has 0 aliphatic heterocycles. The Morgan fingerprint density at radius 3 is 2.53 bits per heavy atom. The number of hydroxylamine groups is 1. The summed E-state index contributed by atoms with van der Waals surface area (Å²) in [5.74, 6) is 0. The van der Waals surface area contributed by atoms with Crippen LogP contribution in [0.15, 0.2) is 24.3 Å². The summed E-state index contributed by atoms with van der Waals surface area (Å²) in [6, 6.07) is 5.51. The predicted octanol–water partition coefficient (Wildman–Crippen LogP) is 2.40. The summed E-state index contributed by atoms with van der Waals surface area (Å²) >= 11 is 0. The molecular weight excluding hydrogens is 207 g/mol. The van der Waals surface area contributed by atoms with Gasteiger partial charge in [0.15, 0.2) is 0 Å². The smallest absolute Gasteiger partial charge is 0.302 e. The first-order valence-corrected chi connectivity index (χ1v) is 4.49. The molecule has 0 aromatic heterocycles. The third-order valence-corrected chi connectivity index (χ3v) is 1.94. The molecule has 0 aliphatic rings. The summed E-state index contributed by atoms with van der Waals surface area (Å²) in [5, 5.41) is 0. The average molecular weight is 219 g/mol. The Bertz CT molecular complexity index is 312. The van der Waals surface area contributed by atoms with E-state index in [1.807, 2.05) is 0 Å². The maximum atomic E-state index is 12.5. The van der Waals surface area contributed by atoms with Crippen LogP contribution in [0.4, 0.5) is 13.2 Å². The standard InChI is InChI=1S/C10H12F3NO/c1-14-15-7-6-8-4-2-3-5-9(8)10(11,12)13/h2-5,14H,6-7H2,1H3. The van der Waals surface area contributed by atoms with Crippen molar-refractivity contribution in [3.05, 3.63) is 35.4 Å². The highest BCUT2D eigenvalue weighted by molar-refractivity contribution is 5.29. The molecule has 0 bridgehead atoms. The van der Waals surface area contributed by atoms with Crippen molar-refractivity contribution in [1.29, 1.82) is 0 Å². The number of alkyl halides is 3. The first kappa shape index (κ1) is 12.0. The molecule has 0 aliphatic carbocycles. The largest absolute Gasteiger partial charge is 0.416 e. The fraction of sp³-hybridized carbons (Fsp3) is 0.400. The van der Waals surface area contributed by atoms with E-state index in [0.717, 1.165) is 6.07 Å². The van der Waals surface area contributed by atoms with Gasteiger partial charge in [-0.15, -0.1) is 0 Å². The molecule has 0 amide bonds. The molecule has 5 heteroatoms. The lowest BCUT2D eigenvalue weighted by Gasteiger charge is -2.12. The summed E-state index contributed by atoms with van der Waals surface area (Å²) in [7, 11) is 1.57. The van der Waals surface area contributed by atoms with E-state index in [9.17, 15) is 13.2 Å². The van der Waals surface area contributed by atoms with Gasteiger partial charge in [0.25, 0.3) is 0 Å². The summed E-state index contributed by atoms with van der Waals surface area (Å²) < 4.78 is 37.5. The average Bonchev–Trinajstić information content (AvgIpc) is 2.17. The van der Waals surface area contributed by atoms with Crippen molar-refractivity contribution in [2.45, 2.75) is 12.6 Å². The van der Waals surface area contributed by atoms with E-state index in [2.05, 4.69) is 5.48 Å². The quantitative estimate of drug-likeness (QED) is 0.620. The van der Waals surface area contributed by atoms with Crippen molar-refractivity contribution in [1.82, 2.24) is 5.48 Å². The minimum Gasteiger partial charge on any atom is -0.302 e. The van der Waals surface area contributed by atoms with E-state index in [1.165, 1.54) is 12.1 Å². The molecule has 1 N–H and O–H groups in total. The van der Waals surface area contributed by atoms with E-state index in [-0.39, 0.29) is 18.6 Å². The molecule has 2 nitrogen and oxygen atoms in total. The van der Waals surface area contributed by atoms with Gasteiger partial charge in [-0.25, -0.2) is 5.48 Å². The van der Waals surface area contributed by atoms with Crippen LogP contribution in [0.5, 0.6) is 0 Å². The summed E-state index contributed by atoms with van der Waals surface area (Å²) in [5.41, 5.74) is 2.07. The number of hydrogen-bond acceptors (Lipinski definition) is 2. The molecule has 0 atom stereocenters. The zero-order chi connectivity index (χ0) is 11.3. The van der Waals surface area contributed by atoms with Crippen LogP contribution in [-0.2, 0) is 17.4 Å². The molecule has 0 saturated heterocycles. The van der Waals surface area contributed by atoms with E-state index in [1.54, 1.807) is 13.1 Å². The SMILES string of the molecule is CNOCCc1ccccc1C(F)(F)F. The Labute approximate surface area is 86.0 Å². The molecule has 0 unspecified atom stereocenters. The molecule has 1 aromatic rings. The third kappa shape index (κ3) is 3.53. The monoisotopic (exact) mass is 219 g/mol. The van der Waals surface area contributed by atoms with Crippen LogP contribution in [0.2, 0.25) is 0 Å². The van der Waals surface area contributed by atoms with Crippen LogP contribution in [0.25, 0.3) is 0 Å². The van der Waals surface area contributed by atoms with E-state index in [0.29, 0.717) is 0 Å². The second-order valence-corrected chi connectivity index (χ2v) is 2.96. The van der Waals surface area contributed by atoms with Gasteiger partial charge in [-0.1, -0.05) is 18.2 Å². The van der Waals surface area contributed by atoms with Crippen LogP contribution in [0.1, 0.15) is 11.1 Å². The van der Waals surface area contributed by atoms with Crippen molar-refractivity contribution in [2.75, 3.05) is 13.7 Å². The van der Waals surface area contributed by atoms with Crippen molar-refractivity contribution in [3.63, 3.8) is 0 Å². The number of hydrogen-bond donors (Lipinski definition) is 1. The molecule has 0 spiro atoms. The number of rotatable bonds is 4.